The zero-order valence-electron chi connectivity index (χ0n) is 12.3. The van der Waals surface area contributed by atoms with Crippen molar-refractivity contribution >= 4 is 17.3 Å². The second-order valence-electron chi connectivity index (χ2n) is 4.87. The number of carbonyl (C=O) groups is 1. The van der Waals surface area contributed by atoms with Gasteiger partial charge in [-0.2, -0.15) is 0 Å². The molecule has 5 heteroatoms. The van der Waals surface area contributed by atoms with Crippen LogP contribution < -0.4 is 11.1 Å². The molecule has 0 heterocycles. The highest BCUT2D eigenvalue weighted by Gasteiger charge is 2.09. The van der Waals surface area contributed by atoms with Crippen LogP contribution in [0.5, 0.6) is 0 Å². The van der Waals surface area contributed by atoms with E-state index in [-0.39, 0.29) is 11.6 Å². The van der Waals surface area contributed by atoms with E-state index in [1.54, 1.807) is 0 Å². The van der Waals surface area contributed by atoms with Gasteiger partial charge in [0.2, 0.25) is 5.91 Å². The third-order valence-electron chi connectivity index (χ3n) is 3.02. The lowest BCUT2D eigenvalue weighted by Crippen LogP contribution is -2.29. The number of rotatable bonds is 8. The zero-order valence-corrected chi connectivity index (χ0v) is 12.3. The quantitative estimate of drug-likeness (QED) is 0.720. The van der Waals surface area contributed by atoms with Gasteiger partial charge in [0.15, 0.2) is 0 Å². The summed E-state index contributed by atoms with van der Waals surface area (Å²) in [6, 6.07) is 3.97. The summed E-state index contributed by atoms with van der Waals surface area (Å²) in [6.45, 7) is 6.98. The monoisotopic (exact) mass is 281 g/mol. The maximum absolute atomic E-state index is 12.9. The highest BCUT2D eigenvalue weighted by molar-refractivity contribution is 5.93. The Balaban J connectivity index is 2.46. The minimum absolute atomic E-state index is 0.0967. The number of nitrogen functional groups attached to an aromatic ring is 1. The predicted octanol–water partition coefficient (Wildman–Crippen LogP) is 2.86. The first-order valence-electron chi connectivity index (χ1n) is 7.14. The largest absolute Gasteiger partial charge is 0.397 e. The normalized spacial score (nSPS) is 10.8. The molecule has 112 valence electrons. The average Bonchev–Trinajstić information content (AvgIpc) is 2.40. The van der Waals surface area contributed by atoms with Gasteiger partial charge >= 0.3 is 0 Å². The van der Waals surface area contributed by atoms with Crippen molar-refractivity contribution in [3.8, 4) is 0 Å². The van der Waals surface area contributed by atoms with Crippen molar-refractivity contribution in [2.45, 2.75) is 33.1 Å². The van der Waals surface area contributed by atoms with Crippen LogP contribution in [0.4, 0.5) is 15.8 Å². The summed E-state index contributed by atoms with van der Waals surface area (Å²) >= 11 is 0. The molecule has 0 spiro atoms. The second kappa shape index (κ2) is 8.53. The molecule has 1 rings (SSSR count). The number of hydrogen-bond donors (Lipinski definition) is 2. The van der Waals surface area contributed by atoms with Crippen LogP contribution in [-0.4, -0.2) is 30.4 Å². The maximum Gasteiger partial charge on any atom is 0.225 e. The van der Waals surface area contributed by atoms with Gasteiger partial charge in [-0.05, 0) is 44.1 Å². The van der Waals surface area contributed by atoms with Crippen LogP contribution >= 0.6 is 0 Å². The lowest BCUT2D eigenvalue weighted by atomic mass is 10.2. The number of nitrogens with one attached hydrogen (secondary N) is 1. The van der Waals surface area contributed by atoms with E-state index in [0.717, 1.165) is 32.5 Å². The van der Waals surface area contributed by atoms with Gasteiger partial charge in [0.25, 0.3) is 0 Å². The molecule has 0 aliphatic carbocycles. The van der Waals surface area contributed by atoms with Crippen LogP contribution in [0, 0.1) is 5.82 Å². The molecule has 0 bridgehead atoms. The number of benzene rings is 1. The molecule has 20 heavy (non-hydrogen) atoms. The molecular weight excluding hydrogens is 257 g/mol. The first-order chi connectivity index (χ1) is 9.56. The van der Waals surface area contributed by atoms with Crippen molar-refractivity contribution in [3.63, 3.8) is 0 Å². The van der Waals surface area contributed by atoms with Gasteiger partial charge in [-0.25, -0.2) is 4.39 Å². The SMILES string of the molecule is CCCN(CCC)CCC(=O)Nc1ccc(F)cc1N. The molecule has 0 unspecified atom stereocenters. The topological polar surface area (TPSA) is 58.4 Å². The lowest BCUT2D eigenvalue weighted by Gasteiger charge is -2.20. The molecule has 0 radical (unpaired) electrons. The van der Waals surface area contributed by atoms with E-state index in [2.05, 4.69) is 24.1 Å². The van der Waals surface area contributed by atoms with Crippen LogP contribution in [0.15, 0.2) is 18.2 Å². The number of hydrogen-bond acceptors (Lipinski definition) is 3. The minimum Gasteiger partial charge on any atom is -0.397 e. The highest BCUT2D eigenvalue weighted by Crippen LogP contribution is 2.19. The number of carbonyl (C=O) groups excluding carboxylic acids is 1. The molecule has 3 N–H and O–H groups in total. The Morgan fingerprint density at radius 2 is 1.90 bits per heavy atom. The van der Waals surface area contributed by atoms with Crippen molar-refractivity contribution < 1.29 is 9.18 Å². The smallest absolute Gasteiger partial charge is 0.225 e. The van der Waals surface area contributed by atoms with Crippen molar-refractivity contribution in [1.29, 1.82) is 0 Å². The van der Waals surface area contributed by atoms with Gasteiger partial charge in [0.1, 0.15) is 5.82 Å². The van der Waals surface area contributed by atoms with Crippen LogP contribution in [0.3, 0.4) is 0 Å². The maximum atomic E-state index is 12.9. The van der Waals surface area contributed by atoms with Crippen LogP contribution in [0.1, 0.15) is 33.1 Å². The Hall–Kier alpha value is -1.62. The predicted molar refractivity (Wildman–Crippen MR) is 81.1 cm³/mol. The van der Waals surface area contributed by atoms with Gasteiger partial charge < -0.3 is 16.0 Å². The fourth-order valence-electron chi connectivity index (χ4n) is 2.09. The molecule has 1 aromatic carbocycles. The van der Waals surface area contributed by atoms with E-state index < -0.39 is 5.82 Å². The van der Waals surface area contributed by atoms with E-state index in [1.807, 2.05) is 0 Å². The van der Waals surface area contributed by atoms with Gasteiger partial charge in [0, 0.05) is 13.0 Å². The number of amides is 1. The highest BCUT2D eigenvalue weighted by atomic mass is 19.1. The molecular formula is C15H24FN3O. The van der Waals surface area contributed by atoms with Crippen molar-refractivity contribution in [2.24, 2.45) is 0 Å². The molecule has 1 amide bonds. The summed E-state index contributed by atoms with van der Waals surface area (Å²) in [7, 11) is 0. The molecule has 0 saturated carbocycles. The average molecular weight is 281 g/mol. The van der Waals surface area contributed by atoms with Crippen molar-refractivity contribution in [1.82, 2.24) is 4.90 Å². The molecule has 0 aliphatic rings. The standard InChI is InChI=1S/C15H24FN3O/c1-3-8-19(9-4-2)10-7-15(20)18-14-6-5-12(16)11-13(14)17/h5-6,11H,3-4,7-10,17H2,1-2H3,(H,18,20). The molecule has 0 fully saturated rings. The van der Waals surface area contributed by atoms with Gasteiger partial charge in [-0.3, -0.25) is 4.79 Å². The summed E-state index contributed by atoms with van der Waals surface area (Å²) < 4.78 is 12.9. The minimum atomic E-state index is -0.405. The van der Waals surface area contributed by atoms with Gasteiger partial charge in [0.05, 0.1) is 11.4 Å². The fourth-order valence-corrected chi connectivity index (χ4v) is 2.09. The molecule has 0 saturated heterocycles. The number of nitrogens with zero attached hydrogens (tertiary/aromatic N) is 1. The third-order valence-corrected chi connectivity index (χ3v) is 3.02. The van der Waals surface area contributed by atoms with Gasteiger partial charge in [-0.15, -0.1) is 0 Å². The first kappa shape index (κ1) is 16.4. The Morgan fingerprint density at radius 3 is 2.45 bits per heavy atom. The molecule has 0 aromatic heterocycles. The van der Waals surface area contributed by atoms with Crippen LogP contribution in [-0.2, 0) is 4.79 Å². The van der Waals surface area contributed by atoms with E-state index in [1.165, 1.54) is 18.2 Å². The Morgan fingerprint density at radius 1 is 1.25 bits per heavy atom. The summed E-state index contributed by atoms with van der Waals surface area (Å²) in [5.41, 5.74) is 6.37. The molecule has 0 atom stereocenters. The third kappa shape index (κ3) is 5.57. The van der Waals surface area contributed by atoms with Gasteiger partial charge in [-0.1, -0.05) is 13.8 Å². The summed E-state index contributed by atoms with van der Waals surface area (Å²) in [4.78, 5) is 14.1. The Labute approximate surface area is 120 Å². The van der Waals surface area contributed by atoms with E-state index in [0.29, 0.717) is 12.1 Å². The Bertz CT molecular complexity index is 431. The summed E-state index contributed by atoms with van der Waals surface area (Å²) in [5.74, 6) is -0.502. The van der Waals surface area contributed by atoms with E-state index >= 15 is 0 Å². The summed E-state index contributed by atoms with van der Waals surface area (Å²) in [6.07, 6.45) is 2.57. The second-order valence-corrected chi connectivity index (χ2v) is 4.87. The molecule has 0 aliphatic heterocycles. The molecule has 4 nitrogen and oxygen atoms in total. The van der Waals surface area contributed by atoms with Crippen LogP contribution in [0.2, 0.25) is 0 Å². The van der Waals surface area contributed by atoms with Crippen molar-refractivity contribution in [2.75, 3.05) is 30.7 Å². The van der Waals surface area contributed by atoms with Crippen LogP contribution in [0.25, 0.3) is 0 Å². The van der Waals surface area contributed by atoms with E-state index in [4.69, 9.17) is 5.73 Å². The summed E-state index contributed by atoms with van der Waals surface area (Å²) in [5, 5.41) is 2.72. The number of halogens is 1. The lowest BCUT2D eigenvalue weighted by molar-refractivity contribution is -0.116. The van der Waals surface area contributed by atoms with Crippen molar-refractivity contribution in [3.05, 3.63) is 24.0 Å². The number of anilines is 2. The molecule has 1 aromatic rings. The first-order valence-corrected chi connectivity index (χ1v) is 7.14. The fraction of sp³-hybridized carbons (Fsp3) is 0.533. The number of nitrogens with two attached hydrogens (primary N) is 1. The van der Waals surface area contributed by atoms with E-state index in [9.17, 15) is 9.18 Å². The Kier molecular flexibility index (Phi) is 7.01. The zero-order chi connectivity index (χ0) is 15.0.